The van der Waals surface area contributed by atoms with Crippen LogP contribution in [0, 0.1) is 0 Å². The monoisotopic (exact) mass is 179 g/mol. The van der Waals surface area contributed by atoms with Gasteiger partial charge in [-0.3, -0.25) is 0 Å². The summed E-state index contributed by atoms with van der Waals surface area (Å²) in [5.41, 5.74) is 1.01. The Kier molecular flexibility index (Phi) is 3.31. The van der Waals surface area contributed by atoms with Crippen molar-refractivity contribution in [1.29, 1.82) is 0 Å². The lowest BCUT2D eigenvalue weighted by atomic mass is 10.1. The number of amides is 1. The molecule has 1 aromatic carbocycles. The molecule has 0 fully saturated rings. The minimum absolute atomic E-state index is 0.0984. The molecule has 0 saturated carbocycles. The molecule has 0 heterocycles. The molecule has 1 atom stereocenters. The number of benzene rings is 1. The van der Waals surface area contributed by atoms with Crippen molar-refractivity contribution >= 4 is 6.09 Å². The molecule has 0 aliphatic rings. The van der Waals surface area contributed by atoms with Gasteiger partial charge in [0.1, 0.15) is 0 Å². The van der Waals surface area contributed by atoms with Crippen LogP contribution in [0.3, 0.4) is 0 Å². The Hall–Kier alpha value is -1.51. The van der Waals surface area contributed by atoms with Gasteiger partial charge in [-0.2, -0.15) is 0 Å². The molecule has 2 N–H and O–H groups in total. The van der Waals surface area contributed by atoms with Gasteiger partial charge in [0.15, 0.2) is 0 Å². The van der Waals surface area contributed by atoms with Gasteiger partial charge in [-0.25, -0.2) is 4.79 Å². The summed E-state index contributed by atoms with van der Waals surface area (Å²) in [6.45, 7) is 1.95. The predicted octanol–water partition coefficient (Wildman–Crippen LogP) is 2.41. The summed E-state index contributed by atoms with van der Waals surface area (Å²) in [5, 5.41) is 11.0. The Balaban J connectivity index is 2.73. The second-order valence-electron chi connectivity index (χ2n) is 2.82. The molecule has 1 aromatic rings. The predicted molar refractivity (Wildman–Crippen MR) is 50.6 cm³/mol. The van der Waals surface area contributed by atoms with E-state index in [2.05, 4.69) is 5.32 Å². The normalized spacial score (nSPS) is 12.1. The van der Waals surface area contributed by atoms with Crippen LogP contribution in [0.25, 0.3) is 0 Å². The molecular formula is C10H13NO2. The van der Waals surface area contributed by atoms with E-state index in [4.69, 9.17) is 5.11 Å². The lowest BCUT2D eigenvalue weighted by Crippen LogP contribution is -2.26. The third-order valence-electron chi connectivity index (χ3n) is 1.91. The zero-order chi connectivity index (χ0) is 9.68. The van der Waals surface area contributed by atoms with Crippen LogP contribution in [0.4, 0.5) is 4.79 Å². The van der Waals surface area contributed by atoms with Crippen molar-refractivity contribution in [3.8, 4) is 0 Å². The average molecular weight is 179 g/mol. The van der Waals surface area contributed by atoms with Crippen molar-refractivity contribution in [1.82, 2.24) is 5.32 Å². The van der Waals surface area contributed by atoms with E-state index in [1.807, 2.05) is 37.3 Å². The fourth-order valence-corrected chi connectivity index (χ4v) is 1.26. The summed E-state index contributed by atoms with van der Waals surface area (Å²) in [5.74, 6) is 0. The fraction of sp³-hybridized carbons (Fsp3) is 0.300. The van der Waals surface area contributed by atoms with E-state index in [1.165, 1.54) is 0 Å². The second kappa shape index (κ2) is 4.50. The highest BCUT2D eigenvalue weighted by Gasteiger charge is 2.10. The van der Waals surface area contributed by atoms with Crippen LogP contribution in [0.15, 0.2) is 30.3 Å². The molecule has 3 nitrogen and oxygen atoms in total. The Bertz CT molecular complexity index is 272. The third kappa shape index (κ3) is 2.78. The lowest BCUT2D eigenvalue weighted by molar-refractivity contribution is 0.189. The van der Waals surface area contributed by atoms with Crippen molar-refractivity contribution in [2.45, 2.75) is 19.4 Å². The molecule has 0 aliphatic carbocycles. The van der Waals surface area contributed by atoms with Gasteiger partial charge in [0.25, 0.3) is 0 Å². The molecule has 3 heteroatoms. The van der Waals surface area contributed by atoms with E-state index in [0.29, 0.717) is 0 Å². The highest BCUT2D eigenvalue weighted by atomic mass is 16.4. The molecule has 1 unspecified atom stereocenters. The van der Waals surface area contributed by atoms with Crippen LogP contribution in [0.1, 0.15) is 24.9 Å². The quantitative estimate of drug-likeness (QED) is 0.748. The van der Waals surface area contributed by atoms with Crippen LogP contribution < -0.4 is 5.32 Å². The molecule has 1 amide bonds. The maximum Gasteiger partial charge on any atom is 0.405 e. The summed E-state index contributed by atoms with van der Waals surface area (Å²) < 4.78 is 0. The Morgan fingerprint density at radius 2 is 2.08 bits per heavy atom. The van der Waals surface area contributed by atoms with Gasteiger partial charge in [-0.15, -0.1) is 0 Å². The lowest BCUT2D eigenvalue weighted by Gasteiger charge is -2.14. The van der Waals surface area contributed by atoms with E-state index in [9.17, 15) is 4.79 Å². The highest BCUT2D eigenvalue weighted by molar-refractivity contribution is 5.65. The van der Waals surface area contributed by atoms with E-state index >= 15 is 0 Å². The molecule has 0 spiro atoms. The Labute approximate surface area is 77.4 Å². The Morgan fingerprint density at radius 1 is 1.46 bits per heavy atom. The maximum absolute atomic E-state index is 10.4. The number of hydrogen-bond acceptors (Lipinski definition) is 1. The summed E-state index contributed by atoms with van der Waals surface area (Å²) in [6, 6.07) is 9.47. The van der Waals surface area contributed by atoms with Crippen LogP contribution in [-0.2, 0) is 0 Å². The first-order valence-corrected chi connectivity index (χ1v) is 4.28. The number of nitrogens with one attached hydrogen (secondary N) is 1. The second-order valence-corrected chi connectivity index (χ2v) is 2.82. The van der Waals surface area contributed by atoms with Crippen LogP contribution in [0.5, 0.6) is 0 Å². The topological polar surface area (TPSA) is 49.3 Å². The first-order chi connectivity index (χ1) is 6.24. The molecule has 0 saturated heterocycles. The van der Waals surface area contributed by atoms with Gasteiger partial charge in [0.05, 0.1) is 6.04 Å². The van der Waals surface area contributed by atoms with Gasteiger partial charge >= 0.3 is 6.09 Å². The number of carbonyl (C=O) groups is 1. The maximum atomic E-state index is 10.4. The summed E-state index contributed by atoms with van der Waals surface area (Å²) in [4.78, 5) is 10.4. The van der Waals surface area contributed by atoms with E-state index in [1.54, 1.807) is 0 Å². The molecular weight excluding hydrogens is 166 g/mol. The Morgan fingerprint density at radius 3 is 2.54 bits per heavy atom. The van der Waals surface area contributed by atoms with E-state index in [-0.39, 0.29) is 6.04 Å². The van der Waals surface area contributed by atoms with Crippen LogP contribution in [0.2, 0.25) is 0 Å². The minimum Gasteiger partial charge on any atom is -0.465 e. The molecule has 1 rings (SSSR count). The summed E-state index contributed by atoms with van der Waals surface area (Å²) in [6.07, 6.45) is -0.216. The summed E-state index contributed by atoms with van der Waals surface area (Å²) >= 11 is 0. The largest absolute Gasteiger partial charge is 0.465 e. The van der Waals surface area contributed by atoms with Crippen molar-refractivity contribution in [2.24, 2.45) is 0 Å². The molecule has 0 bridgehead atoms. The van der Waals surface area contributed by atoms with Gasteiger partial charge in [-0.05, 0) is 12.0 Å². The van der Waals surface area contributed by atoms with Crippen molar-refractivity contribution < 1.29 is 9.90 Å². The van der Waals surface area contributed by atoms with Crippen LogP contribution in [-0.4, -0.2) is 11.2 Å². The molecule has 0 radical (unpaired) electrons. The zero-order valence-corrected chi connectivity index (χ0v) is 7.53. The first kappa shape index (κ1) is 9.58. The minimum atomic E-state index is -0.976. The first-order valence-electron chi connectivity index (χ1n) is 4.28. The zero-order valence-electron chi connectivity index (χ0n) is 7.53. The number of rotatable bonds is 3. The van der Waals surface area contributed by atoms with E-state index in [0.717, 1.165) is 12.0 Å². The molecule has 0 aliphatic heterocycles. The van der Waals surface area contributed by atoms with Gasteiger partial charge in [-0.1, -0.05) is 37.3 Å². The van der Waals surface area contributed by atoms with Crippen molar-refractivity contribution in [2.75, 3.05) is 0 Å². The molecule has 13 heavy (non-hydrogen) atoms. The molecule has 70 valence electrons. The highest BCUT2D eigenvalue weighted by Crippen LogP contribution is 2.15. The third-order valence-corrected chi connectivity index (χ3v) is 1.91. The number of hydrogen-bond donors (Lipinski definition) is 2. The van der Waals surface area contributed by atoms with Gasteiger partial charge in [0, 0.05) is 0 Å². The summed E-state index contributed by atoms with van der Waals surface area (Å²) in [7, 11) is 0. The smallest absolute Gasteiger partial charge is 0.405 e. The van der Waals surface area contributed by atoms with Crippen molar-refractivity contribution in [3.05, 3.63) is 35.9 Å². The SMILES string of the molecule is CCC(NC(=O)O)c1ccccc1. The van der Waals surface area contributed by atoms with Crippen molar-refractivity contribution in [3.63, 3.8) is 0 Å². The van der Waals surface area contributed by atoms with Gasteiger partial charge in [0.2, 0.25) is 0 Å². The average Bonchev–Trinajstić information content (AvgIpc) is 2.15. The fourth-order valence-electron chi connectivity index (χ4n) is 1.26. The standard InChI is InChI=1S/C10H13NO2/c1-2-9(11-10(12)13)8-6-4-3-5-7-8/h3-7,9,11H,2H2,1H3,(H,12,13). The molecule has 0 aromatic heterocycles. The van der Waals surface area contributed by atoms with Gasteiger partial charge < -0.3 is 10.4 Å². The van der Waals surface area contributed by atoms with Crippen LogP contribution >= 0.6 is 0 Å². The van der Waals surface area contributed by atoms with E-state index < -0.39 is 6.09 Å². The number of carboxylic acid groups (broad SMARTS) is 1.